The maximum atomic E-state index is 11.3. The predicted molar refractivity (Wildman–Crippen MR) is 77.7 cm³/mol. The highest BCUT2D eigenvalue weighted by Crippen LogP contribution is 2.29. The first-order valence-electron chi connectivity index (χ1n) is 5.82. The number of rotatable bonds is 3. The molecule has 4 heteroatoms. The molecule has 0 bridgehead atoms. The van der Waals surface area contributed by atoms with Gasteiger partial charge in [-0.25, -0.2) is 4.79 Å². The second-order valence-corrected chi connectivity index (χ2v) is 4.80. The van der Waals surface area contributed by atoms with Gasteiger partial charge >= 0.3 is 5.97 Å². The summed E-state index contributed by atoms with van der Waals surface area (Å²) in [6, 6.07) is 12.6. The largest absolute Gasteiger partial charge is 0.478 e. The number of aromatic carboxylic acids is 1. The van der Waals surface area contributed by atoms with E-state index in [1.165, 1.54) is 6.07 Å². The van der Waals surface area contributed by atoms with Crippen LogP contribution in [0.15, 0.2) is 42.5 Å². The van der Waals surface area contributed by atoms with E-state index in [4.69, 9.17) is 11.6 Å². The number of benzene rings is 2. The third kappa shape index (κ3) is 2.88. The number of anilines is 2. The van der Waals surface area contributed by atoms with E-state index < -0.39 is 5.97 Å². The van der Waals surface area contributed by atoms with Crippen molar-refractivity contribution in [2.75, 3.05) is 11.9 Å². The summed E-state index contributed by atoms with van der Waals surface area (Å²) in [5, 5.41) is 9.74. The zero-order valence-corrected chi connectivity index (χ0v) is 11.5. The highest BCUT2D eigenvalue weighted by atomic mass is 35.5. The van der Waals surface area contributed by atoms with Gasteiger partial charge in [-0.15, -0.1) is 0 Å². The fourth-order valence-electron chi connectivity index (χ4n) is 1.87. The number of carboxylic acid groups (broad SMARTS) is 1. The second kappa shape index (κ2) is 5.33. The maximum absolute atomic E-state index is 11.3. The van der Waals surface area contributed by atoms with Crippen LogP contribution in [0.2, 0.25) is 5.02 Å². The normalized spacial score (nSPS) is 10.3. The number of hydrogen-bond donors (Lipinski definition) is 1. The summed E-state index contributed by atoms with van der Waals surface area (Å²) in [6.45, 7) is 2.01. The number of hydrogen-bond acceptors (Lipinski definition) is 2. The van der Waals surface area contributed by atoms with E-state index in [0.29, 0.717) is 10.7 Å². The zero-order valence-electron chi connectivity index (χ0n) is 10.7. The Bertz CT molecular complexity index is 608. The van der Waals surface area contributed by atoms with Crippen LogP contribution in [0.3, 0.4) is 0 Å². The molecule has 2 aromatic rings. The molecule has 0 aromatic heterocycles. The van der Waals surface area contributed by atoms with E-state index in [9.17, 15) is 9.90 Å². The zero-order chi connectivity index (χ0) is 14.0. The lowest BCUT2D eigenvalue weighted by Gasteiger charge is -2.21. The van der Waals surface area contributed by atoms with Gasteiger partial charge in [-0.2, -0.15) is 0 Å². The van der Waals surface area contributed by atoms with Gasteiger partial charge in [0.2, 0.25) is 0 Å². The van der Waals surface area contributed by atoms with Crippen LogP contribution >= 0.6 is 11.6 Å². The maximum Gasteiger partial charge on any atom is 0.337 e. The van der Waals surface area contributed by atoms with Crippen molar-refractivity contribution in [2.45, 2.75) is 6.92 Å². The molecule has 0 unspecified atom stereocenters. The van der Waals surface area contributed by atoms with E-state index in [0.717, 1.165) is 11.3 Å². The summed E-state index contributed by atoms with van der Waals surface area (Å²) in [6.07, 6.45) is 0. The summed E-state index contributed by atoms with van der Waals surface area (Å²) >= 11 is 5.96. The highest BCUT2D eigenvalue weighted by molar-refractivity contribution is 6.31. The minimum absolute atomic E-state index is 0.229. The molecule has 0 aliphatic rings. The molecule has 3 nitrogen and oxygen atoms in total. The van der Waals surface area contributed by atoms with Crippen LogP contribution in [-0.4, -0.2) is 18.1 Å². The number of halogens is 1. The Morgan fingerprint density at radius 2 is 1.79 bits per heavy atom. The van der Waals surface area contributed by atoms with Gasteiger partial charge in [-0.3, -0.25) is 0 Å². The first-order chi connectivity index (χ1) is 8.99. The molecule has 0 spiro atoms. The molecule has 0 heterocycles. The lowest BCUT2D eigenvalue weighted by atomic mass is 10.1. The van der Waals surface area contributed by atoms with Gasteiger partial charge in [-0.1, -0.05) is 29.3 Å². The number of carboxylic acids is 1. The minimum atomic E-state index is -0.967. The smallest absolute Gasteiger partial charge is 0.337 e. The van der Waals surface area contributed by atoms with E-state index in [1.54, 1.807) is 12.1 Å². The molecule has 2 rings (SSSR count). The topological polar surface area (TPSA) is 40.5 Å². The average molecular weight is 276 g/mol. The lowest BCUT2D eigenvalue weighted by molar-refractivity contribution is 0.0697. The summed E-state index contributed by atoms with van der Waals surface area (Å²) in [4.78, 5) is 13.1. The predicted octanol–water partition coefficient (Wildman–Crippen LogP) is 4.11. The van der Waals surface area contributed by atoms with Crippen molar-refractivity contribution < 1.29 is 9.90 Å². The molecular weight excluding hydrogens is 262 g/mol. The first-order valence-corrected chi connectivity index (χ1v) is 6.20. The monoisotopic (exact) mass is 275 g/mol. The SMILES string of the molecule is Cc1ccc(N(C)c2cc(Cl)ccc2C(=O)O)cc1. The van der Waals surface area contributed by atoms with Gasteiger partial charge in [0.1, 0.15) is 0 Å². The third-order valence-corrected chi connectivity index (χ3v) is 3.21. The molecule has 0 saturated heterocycles. The van der Waals surface area contributed by atoms with E-state index in [1.807, 2.05) is 43.1 Å². The molecule has 98 valence electrons. The van der Waals surface area contributed by atoms with Crippen LogP contribution in [0.4, 0.5) is 11.4 Å². The van der Waals surface area contributed by atoms with E-state index in [-0.39, 0.29) is 5.56 Å². The minimum Gasteiger partial charge on any atom is -0.478 e. The Morgan fingerprint density at radius 3 is 2.37 bits per heavy atom. The Balaban J connectivity index is 2.48. The summed E-state index contributed by atoms with van der Waals surface area (Å²) in [7, 11) is 1.82. The van der Waals surface area contributed by atoms with Gasteiger partial charge in [0.05, 0.1) is 11.3 Å². The van der Waals surface area contributed by atoms with Gasteiger partial charge in [0, 0.05) is 17.8 Å². The van der Waals surface area contributed by atoms with Crippen LogP contribution < -0.4 is 4.90 Å². The van der Waals surface area contributed by atoms with Crippen molar-refractivity contribution in [1.29, 1.82) is 0 Å². The van der Waals surface area contributed by atoms with Crippen molar-refractivity contribution in [3.05, 3.63) is 58.6 Å². The van der Waals surface area contributed by atoms with Gasteiger partial charge in [-0.05, 0) is 37.3 Å². The molecule has 0 atom stereocenters. The average Bonchev–Trinajstić information content (AvgIpc) is 2.38. The molecule has 0 aliphatic carbocycles. The first kappa shape index (κ1) is 13.4. The fourth-order valence-corrected chi connectivity index (χ4v) is 2.04. The highest BCUT2D eigenvalue weighted by Gasteiger charge is 2.15. The van der Waals surface area contributed by atoms with Crippen molar-refractivity contribution in [3.8, 4) is 0 Å². The molecule has 1 N–H and O–H groups in total. The van der Waals surface area contributed by atoms with Gasteiger partial charge in [0.15, 0.2) is 0 Å². The van der Waals surface area contributed by atoms with E-state index in [2.05, 4.69) is 0 Å². The Kier molecular flexibility index (Phi) is 3.76. The van der Waals surface area contributed by atoms with Crippen LogP contribution in [-0.2, 0) is 0 Å². The molecule has 0 saturated carbocycles. The van der Waals surface area contributed by atoms with Crippen molar-refractivity contribution >= 4 is 28.9 Å². The summed E-state index contributed by atoms with van der Waals surface area (Å²) in [5.74, 6) is -0.967. The van der Waals surface area contributed by atoms with Crippen LogP contribution in [0.25, 0.3) is 0 Å². The molecule has 0 fully saturated rings. The molecular formula is C15H14ClNO2. The fraction of sp³-hybridized carbons (Fsp3) is 0.133. The Morgan fingerprint density at radius 1 is 1.16 bits per heavy atom. The Labute approximate surface area is 117 Å². The van der Waals surface area contributed by atoms with Gasteiger partial charge < -0.3 is 10.0 Å². The number of nitrogens with zero attached hydrogens (tertiary/aromatic N) is 1. The number of aryl methyl sites for hydroxylation is 1. The standard InChI is InChI=1S/C15H14ClNO2/c1-10-3-6-12(7-4-10)17(2)14-9-11(16)5-8-13(14)15(18)19/h3-9H,1-2H3,(H,18,19). The van der Waals surface area contributed by atoms with Gasteiger partial charge in [0.25, 0.3) is 0 Å². The van der Waals surface area contributed by atoms with Crippen molar-refractivity contribution in [2.24, 2.45) is 0 Å². The molecule has 0 amide bonds. The molecule has 2 aromatic carbocycles. The second-order valence-electron chi connectivity index (χ2n) is 4.36. The molecule has 0 radical (unpaired) electrons. The Hall–Kier alpha value is -2.00. The summed E-state index contributed by atoms with van der Waals surface area (Å²) in [5.41, 5.74) is 2.87. The van der Waals surface area contributed by atoms with Crippen LogP contribution in [0.5, 0.6) is 0 Å². The number of carbonyl (C=O) groups is 1. The van der Waals surface area contributed by atoms with Crippen molar-refractivity contribution in [1.82, 2.24) is 0 Å². The van der Waals surface area contributed by atoms with Crippen molar-refractivity contribution in [3.63, 3.8) is 0 Å². The van der Waals surface area contributed by atoms with E-state index >= 15 is 0 Å². The van der Waals surface area contributed by atoms with Crippen LogP contribution in [0.1, 0.15) is 15.9 Å². The van der Waals surface area contributed by atoms with Crippen LogP contribution in [0, 0.1) is 6.92 Å². The quantitative estimate of drug-likeness (QED) is 0.916. The molecule has 0 aliphatic heterocycles. The lowest BCUT2D eigenvalue weighted by Crippen LogP contribution is -2.14. The third-order valence-electron chi connectivity index (χ3n) is 2.97. The summed E-state index contributed by atoms with van der Waals surface area (Å²) < 4.78 is 0. The molecule has 19 heavy (non-hydrogen) atoms.